The van der Waals surface area contributed by atoms with Crippen molar-refractivity contribution in [2.45, 2.75) is 58.8 Å². The van der Waals surface area contributed by atoms with Crippen LogP contribution in [-0.2, 0) is 11.3 Å². The van der Waals surface area contributed by atoms with Crippen LogP contribution in [0.3, 0.4) is 0 Å². The van der Waals surface area contributed by atoms with Gasteiger partial charge in [0.1, 0.15) is 0 Å². The van der Waals surface area contributed by atoms with E-state index in [9.17, 15) is 13.6 Å². The minimum atomic E-state index is -3.01. The Morgan fingerprint density at radius 3 is 2.07 bits per heavy atom. The number of nitrogens with one attached hydrogen (secondary N) is 1. The number of halogens is 2. The lowest BCUT2D eigenvalue weighted by atomic mass is 9.86. The van der Waals surface area contributed by atoms with Crippen molar-refractivity contribution in [2.24, 2.45) is 0 Å². The van der Waals surface area contributed by atoms with Crippen molar-refractivity contribution in [2.75, 3.05) is 6.54 Å². The minimum absolute atomic E-state index is 0.0150. The normalized spacial score (nSPS) is 12.1. The molecule has 0 aliphatic carbocycles. The molecule has 0 unspecified atom stereocenters. The highest BCUT2D eigenvalue weighted by atomic mass is 19.3. The van der Waals surface area contributed by atoms with Crippen LogP contribution >= 0.6 is 0 Å². The summed E-state index contributed by atoms with van der Waals surface area (Å²) in [6.07, 6.45) is 1.81. The Morgan fingerprint density at radius 2 is 1.56 bits per heavy atom. The smallest absolute Gasteiger partial charge is 0.270 e. The van der Waals surface area contributed by atoms with Gasteiger partial charge in [0.2, 0.25) is 0 Å². The van der Waals surface area contributed by atoms with E-state index in [4.69, 9.17) is 0 Å². The molecule has 0 aliphatic heterocycles. The lowest BCUT2D eigenvalue weighted by Gasteiger charge is -2.19. The maximum atomic E-state index is 14.0. The highest BCUT2D eigenvalue weighted by Crippen LogP contribution is 2.33. The van der Waals surface area contributed by atoms with E-state index in [-0.39, 0.29) is 22.4 Å². The summed E-state index contributed by atoms with van der Waals surface area (Å²) in [6.45, 7) is 9.80. The average molecular weight is 373 g/mol. The molecule has 0 saturated heterocycles. The molecule has 2 nitrogen and oxygen atoms in total. The van der Waals surface area contributed by atoms with Crippen molar-refractivity contribution >= 4 is 5.91 Å². The van der Waals surface area contributed by atoms with Gasteiger partial charge in [0, 0.05) is 24.6 Å². The molecule has 0 radical (unpaired) electrons. The third-order valence-corrected chi connectivity index (χ3v) is 4.60. The number of benzene rings is 2. The van der Waals surface area contributed by atoms with Crippen molar-refractivity contribution in [1.82, 2.24) is 5.32 Å². The van der Waals surface area contributed by atoms with Gasteiger partial charge in [-0.25, -0.2) is 8.78 Å². The van der Waals surface area contributed by atoms with Crippen molar-refractivity contribution in [3.8, 4) is 11.1 Å². The first-order chi connectivity index (χ1) is 12.5. The number of amides is 1. The molecule has 0 spiro atoms. The van der Waals surface area contributed by atoms with Crippen molar-refractivity contribution in [1.29, 1.82) is 0 Å². The zero-order valence-corrected chi connectivity index (χ0v) is 16.8. The summed E-state index contributed by atoms with van der Waals surface area (Å²) < 4.78 is 28.0. The predicted molar refractivity (Wildman–Crippen MR) is 107 cm³/mol. The van der Waals surface area contributed by atoms with Gasteiger partial charge in [-0.05, 0) is 46.7 Å². The van der Waals surface area contributed by atoms with Crippen molar-refractivity contribution in [3.05, 3.63) is 59.2 Å². The van der Waals surface area contributed by atoms with Gasteiger partial charge in [0.25, 0.3) is 11.8 Å². The van der Waals surface area contributed by atoms with Crippen LogP contribution in [0.4, 0.5) is 8.78 Å². The second kappa shape index (κ2) is 8.20. The molecule has 0 saturated carbocycles. The predicted octanol–water partition coefficient (Wildman–Crippen LogP) is 6.29. The first-order valence-electron chi connectivity index (χ1n) is 9.45. The Balaban J connectivity index is 2.43. The molecule has 4 heteroatoms. The highest BCUT2D eigenvalue weighted by Gasteiger charge is 2.26. The van der Waals surface area contributed by atoms with Gasteiger partial charge in [-0.15, -0.1) is 0 Å². The molecule has 2 aromatic carbocycles. The fourth-order valence-corrected chi connectivity index (χ4v) is 2.82. The van der Waals surface area contributed by atoms with Gasteiger partial charge >= 0.3 is 0 Å². The number of hydrogen-bond acceptors (Lipinski definition) is 1. The summed E-state index contributed by atoms with van der Waals surface area (Å²) in [4.78, 5) is 12.4. The van der Waals surface area contributed by atoms with E-state index in [1.807, 2.05) is 31.2 Å². The molecule has 2 rings (SSSR count). The summed E-state index contributed by atoms with van der Waals surface area (Å²) in [5.41, 5.74) is 2.73. The van der Waals surface area contributed by atoms with Gasteiger partial charge < -0.3 is 5.32 Å². The van der Waals surface area contributed by atoms with Crippen molar-refractivity contribution in [3.63, 3.8) is 0 Å². The average Bonchev–Trinajstić information content (AvgIpc) is 2.60. The van der Waals surface area contributed by atoms with Crippen LogP contribution in [0, 0.1) is 0 Å². The third kappa shape index (κ3) is 5.62. The lowest BCUT2D eigenvalue weighted by molar-refractivity contribution is 0.0175. The summed E-state index contributed by atoms with van der Waals surface area (Å²) in [5, 5.41) is 2.80. The summed E-state index contributed by atoms with van der Waals surface area (Å²) >= 11 is 0. The molecule has 0 aliphatic rings. The molecule has 0 aromatic heterocycles. The summed E-state index contributed by atoms with van der Waals surface area (Å²) in [5.74, 6) is -3.33. The highest BCUT2D eigenvalue weighted by molar-refractivity contribution is 5.95. The number of carbonyl (C=O) groups is 1. The second-order valence-corrected chi connectivity index (χ2v) is 8.12. The monoisotopic (exact) mass is 373 g/mol. The number of rotatable bonds is 6. The summed E-state index contributed by atoms with van der Waals surface area (Å²) in [7, 11) is 0. The minimum Gasteiger partial charge on any atom is -0.352 e. The number of alkyl halides is 2. The van der Waals surface area contributed by atoms with E-state index in [0.717, 1.165) is 25.3 Å². The van der Waals surface area contributed by atoms with Crippen LogP contribution in [0.15, 0.2) is 42.5 Å². The Kier molecular flexibility index (Phi) is 6.40. The van der Waals surface area contributed by atoms with E-state index in [2.05, 4.69) is 26.1 Å². The Labute approximate surface area is 161 Å². The number of carbonyl (C=O) groups excluding carboxylic acids is 1. The van der Waals surface area contributed by atoms with Crippen LogP contribution in [0.1, 0.15) is 68.9 Å². The Hall–Kier alpha value is -2.23. The first kappa shape index (κ1) is 21.1. The molecule has 1 N–H and O–H groups in total. The topological polar surface area (TPSA) is 29.1 Å². The van der Waals surface area contributed by atoms with Crippen LogP contribution in [0.25, 0.3) is 11.1 Å². The molecule has 0 heterocycles. The zero-order chi connectivity index (χ0) is 20.2. The molecular weight excluding hydrogens is 344 g/mol. The van der Waals surface area contributed by atoms with Crippen LogP contribution in [0.5, 0.6) is 0 Å². The molecule has 0 atom stereocenters. The molecule has 0 bridgehead atoms. The van der Waals surface area contributed by atoms with Crippen LogP contribution in [0.2, 0.25) is 0 Å². The number of unbranched alkanes of at least 4 members (excludes halogenated alkanes) is 1. The van der Waals surface area contributed by atoms with E-state index in [1.54, 1.807) is 6.07 Å². The largest absolute Gasteiger partial charge is 0.352 e. The standard InChI is InChI=1S/C23H29F2NO/c1-6-7-12-26-21(27)18-13-17(14-20(15-18)23(5,24)25)16-8-10-19(11-9-16)22(2,3)4/h8-11,13-15H,6-7,12H2,1-5H3,(H,26,27). The van der Waals surface area contributed by atoms with E-state index >= 15 is 0 Å². The van der Waals surface area contributed by atoms with Crippen molar-refractivity contribution < 1.29 is 13.6 Å². The second-order valence-electron chi connectivity index (χ2n) is 8.12. The fraction of sp³-hybridized carbons (Fsp3) is 0.435. The molecule has 0 fully saturated rings. The third-order valence-electron chi connectivity index (χ3n) is 4.60. The SMILES string of the molecule is CCCCNC(=O)c1cc(-c2ccc(C(C)(C)C)cc2)cc(C(C)(F)F)c1. The van der Waals surface area contributed by atoms with Crippen LogP contribution in [-0.4, -0.2) is 12.5 Å². The van der Waals surface area contributed by atoms with Gasteiger partial charge in [-0.1, -0.05) is 58.4 Å². The maximum Gasteiger partial charge on any atom is 0.270 e. The molecule has 146 valence electrons. The number of hydrogen-bond donors (Lipinski definition) is 1. The van der Waals surface area contributed by atoms with E-state index < -0.39 is 5.92 Å². The Bertz CT molecular complexity index is 784. The lowest BCUT2D eigenvalue weighted by Crippen LogP contribution is -2.25. The summed E-state index contributed by atoms with van der Waals surface area (Å²) in [6, 6.07) is 12.3. The van der Waals surface area contributed by atoms with Gasteiger partial charge in [0.05, 0.1) is 0 Å². The first-order valence-corrected chi connectivity index (χ1v) is 9.45. The van der Waals surface area contributed by atoms with Crippen LogP contribution < -0.4 is 5.32 Å². The molecule has 2 aromatic rings. The Morgan fingerprint density at radius 1 is 0.926 bits per heavy atom. The fourth-order valence-electron chi connectivity index (χ4n) is 2.82. The maximum absolute atomic E-state index is 14.0. The quantitative estimate of drug-likeness (QED) is 0.592. The molecule has 27 heavy (non-hydrogen) atoms. The zero-order valence-electron chi connectivity index (χ0n) is 16.8. The van der Waals surface area contributed by atoms with E-state index in [0.29, 0.717) is 12.1 Å². The molecule has 1 amide bonds. The van der Waals surface area contributed by atoms with Gasteiger partial charge in [-0.3, -0.25) is 4.79 Å². The van der Waals surface area contributed by atoms with E-state index in [1.165, 1.54) is 17.7 Å². The van der Waals surface area contributed by atoms with Gasteiger partial charge in [-0.2, -0.15) is 0 Å². The van der Waals surface area contributed by atoms with Gasteiger partial charge in [0.15, 0.2) is 0 Å². The molecular formula is C23H29F2NO.